The molecule has 0 heterocycles. The van der Waals surface area contributed by atoms with Gasteiger partial charge in [0.1, 0.15) is 0 Å². The third-order valence-electron chi connectivity index (χ3n) is 2.75. The lowest BCUT2D eigenvalue weighted by Crippen LogP contribution is -2.17. The van der Waals surface area contributed by atoms with E-state index < -0.39 is 0 Å². The first-order valence-electron chi connectivity index (χ1n) is 6.65. The van der Waals surface area contributed by atoms with Crippen molar-refractivity contribution >= 4 is 28.1 Å². The van der Waals surface area contributed by atoms with E-state index in [9.17, 15) is 9.90 Å². The molecule has 0 aliphatic heterocycles. The van der Waals surface area contributed by atoms with Gasteiger partial charge in [0.05, 0.1) is 12.8 Å². The van der Waals surface area contributed by atoms with Crippen molar-refractivity contribution in [3.63, 3.8) is 0 Å². The van der Waals surface area contributed by atoms with E-state index in [1.807, 2.05) is 13.0 Å². The second-order valence-corrected chi connectivity index (χ2v) is 5.29. The average Bonchev–Trinajstić information content (AvgIpc) is 2.50. The molecule has 0 aliphatic rings. The van der Waals surface area contributed by atoms with Crippen LogP contribution in [0, 0.1) is 0 Å². The molecule has 2 rings (SSSR count). The molecule has 114 valence electrons. The van der Waals surface area contributed by atoms with Crippen molar-refractivity contribution in [1.29, 1.82) is 0 Å². The van der Waals surface area contributed by atoms with Gasteiger partial charge in [-0.25, -0.2) is 5.43 Å². The SMILES string of the molecule is CCOc1ccc(C=NNC(=O)c2cccc(Br)c2)cc1O. The van der Waals surface area contributed by atoms with Gasteiger partial charge >= 0.3 is 0 Å². The summed E-state index contributed by atoms with van der Waals surface area (Å²) >= 11 is 3.30. The molecule has 0 fully saturated rings. The Kier molecular flexibility index (Phi) is 5.55. The van der Waals surface area contributed by atoms with Crippen LogP contribution >= 0.6 is 15.9 Å². The molecule has 6 heteroatoms. The number of aromatic hydroxyl groups is 1. The molecule has 0 bridgehead atoms. The maximum absolute atomic E-state index is 11.9. The van der Waals surface area contributed by atoms with E-state index in [0.717, 1.165) is 4.47 Å². The zero-order chi connectivity index (χ0) is 15.9. The van der Waals surface area contributed by atoms with Crippen LogP contribution in [0.2, 0.25) is 0 Å². The molecular weight excluding hydrogens is 348 g/mol. The summed E-state index contributed by atoms with van der Waals surface area (Å²) in [5.74, 6) is 0.134. The zero-order valence-corrected chi connectivity index (χ0v) is 13.5. The minimum atomic E-state index is -0.312. The van der Waals surface area contributed by atoms with Gasteiger partial charge in [-0.05, 0) is 48.9 Å². The molecule has 22 heavy (non-hydrogen) atoms. The monoisotopic (exact) mass is 362 g/mol. The molecule has 0 aliphatic carbocycles. The highest BCUT2D eigenvalue weighted by molar-refractivity contribution is 9.10. The Morgan fingerprint density at radius 1 is 1.36 bits per heavy atom. The number of ether oxygens (including phenoxy) is 1. The van der Waals surface area contributed by atoms with Crippen molar-refractivity contribution in [2.75, 3.05) is 6.61 Å². The van der Waals surface area contributed by atoms with Gasteiger partial charge in [-0.1, -0.05) is 22.0 Å². The summed E-state index contributed by atoms with van der Waals surface area (Å²) in [6.45, 7) is 2.32. The topological polar surface area (TPSA) is 70.9 Å². The van der Waals surface area contributed by atoms with Gasteiger partial charge in [0, 0.05) is 10.0 Å². The molecule has 0 radical (unpaired) electrons. The molecule has 0 saturated carbocycles. The molecule has 1 amide bonds. The molecule has 2 N–H and O–H groups in total. The summed E-state index contributed by atoms with van der Waals surface area (Å²) in [5.41, 5.74) is 3.58. The minimum Gasteiger partial charge on any atom is -0.504 e. The van der Waals surface area contributed by atoms with Gasteiger partial charge in [0.2, 0.25) is 0 Å². The fourth-order valence-corrected chi connectivity index (χ4v) is 2.15. The lowest BCUT2D eigenvalue weighted by Gasteiger charge is -2.05. The van der Waals surface area contributed by atoms with Crippen molar-refractivity contribution in [3.8, 4) is 11.5 Å². The summed E-state index contributed by atoms with van der Waals surface area (Å²) in [7, 11) is 0. The average molecular weight is 363 g/mol. The van der Waals surface area contributed by atoms with E-state index in [-0.39, 0.29) is 11.7 Å². The number of halogens is 1. The third kappa shape index (κ3) is 4.33. The number of rotatable bonds is 5. The Labute approximate surface area is 136 Å². The Morgan fingerprint density at radius 2 is 2.18 bits per heavy atom. The predicted octanol–water partition coefficient (Wildman–Crippen LogP) is 3.32. The Bertz CT molecular complexity index is 702. The number of nitrogens with zero attached hydrogens (tertiary/aromatic N) is 1. The van der Waals surface area contributed by atoms with Crippen LogP contribution in [0.4, 0.5) is 0 Å². The molecular formula is C16H15BrN2O3. The van der Waals surface area contributed by atoms with E-state index in [2.05, 4.69) is 26.5 Å². The molecule has 5 nitrogen and oxygen atoms in total. The number of carbonyl (C=O) groups excluding carboxylic acids is 1. The van der Waals surface area contributed by atoms with Crippen LogP contribution in [0.5, 0.6) is 11.5 Å². The predicted molar refractivity (Wildman–Crippen MR) is 88.5 cm³/mol. The number of hydrogen-bond acceptors (Lipinski definition) is 4. The highest BCUT2D eigenvalue weighted by Crippen LogP contribution is 2.26. The van der Waals surface area contributed by atoms with Crippen LogP contribution in [0.3, 0.4) is 0 Å². The molecule has 2 aromatic rings. The second-order valence-electron chi connectivity index (χ2n) is 4.37. The maximum Gasteiger partial charge on any atom is 0.271 e. The molecule has 0 unspecified atom stereocenters. The summed E-state index contributed by atoms with van der Waals surface area (Å²) in [6.07, 6.45) is 1.45. The zero-order valence-electron chi connectivity index (χ0n) is 11.9. The lowest BCUT2D eigenvalue weighted by molar-refractivity contribution is 0.0955. The number of carbonyl (C=O) groups is 1. The van der Waals surface area contributed by atoms with Crippen LogP contribution < -0.4 is 10.2 Å². The fourth-order valence-electron chi connectivity index (χ4n) is 1.75. The Hall–Kier alpha value is -2.34. The van der Waals surface area contributed by atoms with E-state index in [1.165, 1.54) is 12.3 Å². The number of nitrogens with one attached hydrogen (secondary N) is 1. The van der Waals surface area contributed by atoms with Gasteiger partial charge in [0.25, 0.3) is 5.91 Å². The lowest BCUT2D eigenvalue weighted by atomic mass is 10.2. The molecule has 0 aromatic heterocycles. The van der Waals surface area contributed by atoms with Gasteiger partial charge < -0.3 is 9.84 Å². The Balaban J connectivity index is 2.00. The highest BCUT2D eigenvalue weighted by Gasteiger charge is 2.04. The van der Waals surface area contributed by atoms with Crippen LogP contribution in [0.1, 0.15) is 22.8 Å². The minimum absolute atomic E-state index is 0.0316. The van der Waals surface area contributed by atoms with Gasteiger partial charge in [-0.2, -0.15) is 5.10 Å². The van der Waals surface area contributed by atoms with E-state index in [1.54, 1.807) is 30.3 Å². The van der Waals surface area contributed by atoms with Gasteiger partial charge in [-0.15, -0.1) is 0 Å². The molecule has 0 atom stereocenters. The maximum atomic E-state index is 11.9. The van der Waals surface area contributed by atoms with Crippen molar-refractivity contribution in [1.82, 2.24) is 5.43 Å². The quantitative estimate of drug-likeness (QED) is 0.633. The number of hydrazone groups is 1. The van der Waals surface area contributed by atoms with E-state index >= 15 is 0 Å². The van der Waals surface area contributed by atoms with Crippen LogP contribution in [0.15, 0.2) is 52.0 Å². The number of amides is 1. The molecule has 0 saturated heterocycles. The van der Waals surface area contributed by atoms with E-state index in [0.29, 0.717) is 23.5 Å². The smallest absolute Gasteiger partial charge is 0.271 e. The highest BCUT2D eigenvalue weighted by atomic mass is 79.9. The van der Waals surface area contributed by atoms with Crippen molar-refractivity contribution in [2.24, 2.45) is 5.10 Å². The van der Waals surface area contributed by atoms with Crippen LogP contribution in [-0.4, -0.2) is 23.8 Å². The third-order valence-corrected chi connectivity index (χ3v) is 3.24. The van der Waals surface area contributed by atoms with E-state index in [4.69, 9.17) is 4.74 Å². The summed E-state index contributed by atoms with van der Waals surface area (Å²) < 4.78 is 6.05. The van der Waals surface area contributed by atoms with Crippen LogP contribution in [0.25, 0.3) is 0 Å². The first-order valence-corrected chi connectivity index (χ1v) is 7.44. The number of phenols is 1. The van der Waals surface area contributed by atoms with Crippen molar-refractivity contribution in [2.45, 2.75) is 6.92 Å². The summed E-state index contributed by atoms with van der Waals surface area (Å²) in [4.78, 5) is 11.9. The fraction of sp³-hybridized carbons (Fsp3) is 0.125. The van der Waals surface area contributed by atoms with Crippen molar-refractivity contribution in [3.05, 3.63) is 58.1 Å². The van der Waals surface area contributed by atoms with Crippen LogP contribution in [-0.2, 0) is 0 Å². The largest absolute Gasteiger partial charge is 0.504 e. The number of benzene rings is 2. The van der Waals surface area contributed by atoms with Crippen molar-refractivity contribution < 1.29 is 14.6 Å². The normalized spacial score (nSPS) is 10.6. The molecule has 2 aromatic carbocycles. The van der Waals surface area contributed by atoms with Gasteiger partial charge in [-0.3, -0.25) is 4.79 Å². The summed E-state index contributed by atoms with van der Waals surface area (Å²) in [5, 5.41) is 13.6. The standard InChI is InChI=1S/C16H15BrN2O3/c1-2-22-15-7-6-11(8-14(15)20)10-18-19-16(21)12-4-3-5-13(17)9-12/h3-10,20H,2H2,1H3,(H,19,21). The molecule has 0 spiro atoms. The number of hydrogen-bond donors (Lipinski definition) is 2. The Morgan fingerprint density at radius 3 is 2.86 bits per heavy atom. The summed E-state index contributed by atoms with van der Waals surface area (Å²) in [6, 6.07) is 11.9. The van der Waals surface area contributed by atoms with Gasteiger partial charge in [0.15, 0.2) is 11.5 Å². The first-order chi connectivity index (χ1) is 10.6. The first kappa shape index (κ1) is 16.0. The number of phenolic OH excluding ortho intramolecular Hbond substituents is 1. The second kappa shape index (κ2) is 7.61.